The van der Waals surface area contributed by atoms with E-state index in [1.807, 2.05) is 35.0 Å². The molecule has 0 radical (unpaired) electrons. The Bertz CT molecular complexity index is 1230. The lowest BCUT2D eigenvalue weighted by atomic mass is 10.2. The fourth-order valence-corrected chi connectivity index (χ4v) is 3.58. The lowest BCUT2D eigenvalue weighted by Gasteiger charge is -2.19. The predicted octanol–water partition coefficient (Wildman–Crippen LogP) is 2.75. The normalized spacial score (nSPS) is 13.9. The molecule has 0 atom stereocenters. The van der Waals surface area contributed by atoms with E-state index in [0.29, 0.717) is 42.8 Å². The molecular formula is C22H18N4O3. The van der Waals surface area contributed by atoms with Gasteiger partial charge in [-0.2, -0.15) is 5.10 Å². The van der Waals surface area contributed by atoms with Crippen LogP contribution in [-0.2, 0) is 13.0 Å². The maximum atomic E-state index is 13.0. The molecule has 0 saturated carbocycles. The SMILES string of the molecule is O=C(c1cc(=O)c2ccccc2o1)N1CCc2nc(-c3ccccc3)nn2CC1. The summed E-state index contributed by atoms with van der Waals surface area (Å²) in [5, 5.41) is 5.07. The molecule has 1 amide bonds. The highest BCUT2D eigenvalue weighted by Gasteiger charge is 2.24. The number of nitrogens with zero attached hydrogens (tertiary/aromatic N) is 4. The van der Waals surface area contributed by atoms with E-state index in [9.17, 15) is 9.59 Å². The van der Waals surface area contributed by atoms with Gasteiger partial charge < -0.3 is 9.32 Å². The van der Waals surface area contributed by atoms with Crippen LogP contribution >= 0.6 is 0 Å². The minimum atomic E-state index is -0.290. The highest BCUT2D eigenvalue weighted by Crippen LogP contribution is 2.18. The van der Waals surface area contributed by atoms with Gasteiger partial charge in [0, 0.05) is 31.1 Å². The minimum absolute atomic E-state index is 0.0613. The number of aromatic nitrogens is 3. The van der Waals surface area contributed by atoms with Crippen molar-refractivity contribution in [1.82, 2.24) is 19.7 Å². The zero-order valence-corrected chi connectivity index (χ0v) is 15.6. The minimum Gasteiger partial charge on any atom is -0.451 e. The van der Waals surface area contributed by atoms with Crippen molar-refractivity contribution in [2.45, 2.75) is 13.0 Å². The maximum Gasteiger partial charge on any atom is 0.289 e. The molecule has 0 N–H and O–H groups in total. The van der Waals surface area contributed by atoms with E-state index in [2.05, 4.69) is 10.1 Å². The number of benzene rings is 2. The second kappa shape index (κ2) is 7.01. The molecule has 4 aromatic rings. The number of amides is 1. The van der Waals surface area contributed by atoms with Gasteiger partial charge in [0.2, 0.25) is 0 Å². The van der Waals surface area contributed by atoms with E-state index in [4.69, 9.17) is 4.42 Å². The molecule has 5 rings (SSSR count). The second-order valence-corrected chi connectivity index (χ2v) is 6.95. The summed E-state index contributed by atoms with van der Waals surface area (Å²) < 4.78 is 7.56. The largest absolute Gasteiger partial charge is 0.451 e. The standard InChI is InChI=1S/C22H18N4O3/c27-17-14-19(29-18-9-5-4-8-16(17)18)22(28)25-11-10-20-23-21(24-26(20)13-12-25)15-6-2-1-3-7-15/h1-9,14H,10-13H2. The number of hydrogen-bond acceptors (Lipinski definition) is 5. The highest BCUT2D eigenvalue weighted by molar-refractivity contribution is 5.93. The van der Waals surface area contributed by atoms with Crippen molar-refractivity contribution < 1.29 is 9.21 Å². The molecule has 0 saturated heterocycles. The van der Waals surface area contributed by atoms with Crippen molar-refractivity contribution in [3.8, 4) is 11.4 Å². The monoisotopic (exact) mass is 386 g/mol. The Morgan fingerprint density at radius 1 is 0.966 bits per heavy atom. The first-order valence-corrected chi connectivity index (χ1v) is 9.50. The van der Waals surface area contributed by atoms with Crippen molar-refractivity contribution in [3.05, 3.63) is 82.5 Å². The van der Waals surface area contributed by atoms with Crippen molar-refractivity contribution in [2.24, 2.45) is 0 Å². The first-order chi connectivity index (χ1) is 14.2. The molecule has 3 heterocycles. The van der Waals surface area contributed by atoms with Gasteiger partial charge in [0.15, 0.2) is 17.0 Å². The number of hydrogen-bond donors (Lipinski definition) is 0. The van der Waals surface area contributed by atoms with Gasteiger partial charge in [-0.05, 0) is 12.1 Å². The summed E-state index contributed by atoms with van der Waals surface area (Å²) >= 11 is 0. The van der Waals surface area contributed by atoms with Gasteiger partial charge in [0.25, 0.3) is 5.91 Å². The summed E-state index contributed by atoms with van der Waals surface area (Å²) in [6.45, 7) is 1.50. The molecule has 0 fully saturated rings. The molecule has 2 aromatic heterocycles. The second-order valence-electron chi connectivity index (χ2n) is 6.95. The summed E-state index contributed by atoms with van der Waals surface area (Å²) in [4.78, 5) is 31.6. The summed E-state index contributed by atoms with van der Waals surface area (Å²) in [5.74, 6) is 1.31. The fourth-order valence-electron chi connectivity index (χ4n) is 3.58. The van der Waals surface area contributed by atoms with Gasteiger partial charge in [0.05, 0.1) is 11.9 Å². The molecular weight excluding hydrogens is 368 g/mol. The van der Waals surface area contributed by atoms with E-state index >= 15 is 0 Å². The van der Waals surface area contributed by atoms with Crippen LogP contribution < -0.4 is 5.43 Å². The Morgan fingerprint density at radius 2 is 1.76 bits per heavy atom. The molecule has 7 heteroatoms. The maximum absolute atomic E-state index is 13.0. The number of carbonyl (C=O) groups excluding carboxylic acids is 1. The first kappa shape index (κ1) is 17.4. The number of rotatable bonds is 2. The van der Waals surface area contributed by atoms with Gasteiger partial charge in [0.1, 0.15) is 11.4 Å². The van der Waals surface area contributed by atoms with E-state index in [-0.39, 0.29) is 17.1 Å². The van der Waals surface area contributed by atoms with Crippen LogP contribution in [0.4, 0.5) is 0 Å². The van der Waals surface area contributed by atoms with Crippen LogP contribution in [0.25, 0.3) is 22.4 Å². The molecule has 0 spiro atoms. The zero-order chi connectivity index (χ0) is 19.8. The van der Waals surface area contributed by atoms with Gasteiger partial charge in [-0.1, -0.05) is 42.5 Å². The van der Waals surface area contributed by atoms with Gasteiger partial charge >= 0.3 is 0 Å². The fraction of sp³-hybridized carbons (Fsp3) is 0.182. The molecule has 1 aliphatic heterocycles. The molecule has 1 aliphatic rings. The Labute approximate surface area is 166 Å². The third-order valence-electron chi connectivity index (χ3n) is 5.10. The van der Waals surface area contributed by atoms with Crippen molar-refractivity contribution in [1.29, 1.82) is 0 Å². The third-order valence-corrected chi connectivity index (χ3v) is 5.10. The summed E-state index contributed by atoms with van der Waals surface area (Å²) in [7, 11) is 0. The highest BCUT2D eigenvalue weighted by atomic mass is 16.3. The van der Waals surface area contributed by atoms with Crippen molar-refractivity contribution in [3.63, 3.8) is 0 Å². The summed E-state index contributed by atoms with van der Waals surface area (Å²) in [5.41, 5.74) is 1.17. The zero-order valence-electron chi connectivity index (χ0n) is 15.6. The lowest BCUT2D eigenvalue weighted by Crippen LogP contribution is -2.34. The average molecular weight is 386 g/mol. The van der Waals surface area contributed by atoms with E-state index in [0.717, 1.165) is 11.4 Å². The third kappa shape index (κ3) is 3.20. The lowest BCUT2D eigenvalue weighted by molar-refractivity contribution is 0.0727. The van der Waals surface area contributed by atoms with Crippen molar-refractivity contribution in [2.75, 3.05) is 13.1 Å². The summed E-state index contributed by atoms with van der Waals surface area (Å²) in [6, 6.07) is 18.0. The van der Waals surface area contributed by atoms with Gasteiger partial charge in [-0.15, -0.1) is 0 Å². The van der Waals surface area contributed by atoms with Crippen LogP contribution in [0.15, 0.2) is 69.9 Å². The molecule has 7 nitrogen and oxygen atoms in total. The molecule has 144 valence electrons. The molecule has 0 unspecified atom stereocenters. The Balaban J connectivity index is 1.38. The van der Waals surface area contributed by atoms with Crippen LogP contribution in [0.3, 0.4) is 0 Å². The van der Waals surface area contributed by atoms with Crippen LogP contribution in [0.5, 0.6) is 0 Å². The molecule has 0 aliphatic carbocycles. The Kier molecular flexibility index (Phi) is 4.20. The topological polar surface area (TPSA) is 81.2 Å². The molecule has 0 bridgehead atoms. The van der Waals surface area contributed by atoms with Gasteiger partial charge in [-0.25, -0.2) is 9.67 Å². The quantitative estimate of drug-likeness (QED) is 0.529. The molecule has 29 heavy (non-hydrogen) atoms. The van der Waals surface area contributed by atoms with Crippen LogP contribution in [0.1, 0.15) is 16.4 Å². The first-order valence-electron chi connectivity index (χ1n) is 9.50. The average Bonchev–Trinajstić information content (AvgIpc) is 3.07. The van der Waals surface area contributed by atoms with Crippen LogP contribution in [0.2, 0.25) is 0 Å². The number of carbonyl (C=O) groups is 1. The van der Waals surface area contributed by atoms with Crippen molar-refractivity contribution >= 4 is 16.9 Å². The Hall–Kier alpha value is -3.74. The van der Waals surface area contributed by atoms with E-state index in [1.54, 1.807) is 29.2 Å². The summed E-state index contributed by atoms with van der Waals surface area (Å²) in [6.07, 6.45) is 0.587. The smallest absolute Gasteiger partial charge is 0.289 e. The van der Waals surface area contributed by atoms with E-state index in [1.165, 1.54) is 6.07 Å². The number of fused-ring (bicyclic) bond motifs is 2. The molecule has 2 aromatic carbocycles. The van der Waals surface area contributed by atoms with Crippen LogP contribution in [-0.4, -0.2) is 38.7 Å². The predicted molar refractivity (Wildman–Crippen MR) is 108 cm³/mol. The number of para-hydroxylation sites is 1. The van der Waals surface area contributed by atoms with E-state index < -0.39 is 0 Å². The Morgan fingerprint density at radius 3 is 2.62 bits per heavy atom. The van der Waals surface area contributed by atoms with Gasteiger partial charge in [-0.3, -0.25) is 9.59 Å². The van der Waals surface area contributed by atoms with Crippen LogP contribution in [0, 0.1) is 0 Å².